The van der Waals surface area contributed by atoms with Crippen LogP contribution in [-0.2, 0) is 28.8 Å². The van der Waals surface area contributed by atoms with Crippen molar-refractivity contribution in [2.24, 2.45) is 44.6 Å². The normalized spacial score (nSPS) is 13.0. The van der Waals surface area contributed by atoms with Crippen LogP contribution in [0.5, 0.6) is 0 Å². The molecule has 0 aliphatic carbocycles. The summed E-state index contributed by atoms with van der Waals surface area (Å²) in [6.07, 6.45) is 17.2. The number of carbonyl (C=O) groups excluding carboxylic acids is 5. The number of nitrogens with one attached hydrogen (secondary N) is 3. The van der Waals surface area contributed by atoms with E-state index in [9.17, 15) is 33.9 Å². The number of guanidine groups is 2. The number of aliphatic carboxylic acids is 1. The van der Waals surface area contributed by atoms with E-state index in [1.54, 1.807) is 6.92 Å². The van der Waals surface area contributed by atoms with Gasteiger partial charge in [0, 0.05) is 44.7 Å². The number of carbonyl (C=O) groups is 6. The molecule has 14 N–H and O–H groups in total. The molecule has 0 aromatic rings. The quantitative estimate of drug-likeness (QED) is 0.0244. The van der Waals surface area contributed by atoms with Crippen LogP contribution < -0.4 is 44.6 Å². The van der Waals surface area contributed by atoms with E-state index in [1.165, 1.54) is 57.8 Å². The van der Waals surface area contributed by atoms with Gasteiger partial charge >= 0.3 is 5.97 Å². The van der Waals surface area contributed by atoms with Crippen molar-refractivity contribution in [1.29, 1.82) is 0 Å². The second kappa shape index (κ2) is 35.6. The number of hydrogen-bond donors (Lipinski definition) is 9. The molecule has 0 aromatic heterocycles. The fourth-order valence-electron chi connectivity index (χ4n) is 6.80. The predicted octanol–water partition coefficient (Wildman–Crippen LogP) is 3.58. The lowest BCUT2D eigenvalue weighted by Gasteiger charge is -2.25. The third-order valence-electron chi connectivity index (χ3n) is 10.3. The molecule has 0 aliphatic heterocycles. The molecule has 0 rings (SSSR count). The summed E-state index contributed by atoms with van der Waals surface area (Å²) in [5.41, 5.74) is 27.4. The van der Waals surface area contributed by atoms with Crippen LogP contribution in [0.1, 0.15) is 174 Å². The summed E-state index contributed by atoms with van der Waals surface area (Å²) >= 11 is 0. The molecule has 0 saturated heterocycles. The monoisotopic (exact) mass is 837 g/mol. The van der Waals surface area contributed by atoms with Gasteiger partial charge in [0.05, 0.1) is 12.1 Å². The standard InChI is InChI=1S/C42H80N10O7/c1-3-5-6-7-8-9-10-11-12-13-14-15-16-24-37(55)50-34(23-20-29-49-42(46)47)40(59)52-33(25-26-38(56)57)36(54)30-31(21-17-18-27-43)39(58)51-32(35(53)4-2)22-19-28-48-41(44)45/h31-34H,3-30,43H2,1-2H3,(H,50,55)(H,51,58)(H,52,59)(H,56,57)(H4,44,45,48)(H4,46,47,49)/t31-,32+,33+,34+/m1/s1. The summed E-state index contributed by atoms with van der Waals surface area (Å²) in [5, 5.41) is 17.7. The van der Waals surface area contributed by atoms with Crippen LogP contribution in [0.4, 0.5) is 0 Å². The van der Waals surface area contributed by atoms with Crippen molar-refractivity contribution in [3.8, 4) is 0 Å². The number of ketones is 2. The molecule has 0 unspecified atom stereocenters. The van der Waals surface area contributed by atoms with Gasteiger partial charge in [0.25, 0.3) is 0 Å². The molecule has 3 amide bonds. The second-order valence-corrected chi connectivity index (χ2v) is 15.5. The number of rotatable bonds is 39. The maximum Gasteiger partial charge on any atom is 0.303 e. The van der Waals surface area contributed by atoms with E-state index in [4.69, 9.17) is 28.7 Å². The van der Waals surface area contributed by atoms with Crippen LogP contribution in [0.15, 0.2) is 9.98 Å². The van der Waals surface area contributed by atoms with Crippen molar-refractivity contribution in [2.75, 3.05) is 19.6 Å². The SMILES string of the molecule is CCCCCCCCCCCCCCCC(=O)N[C@@H](CCCN=C(N)N)C(=O)N[C@@H](CCC(=O)O)C(=O)C[C@@H](CCCCN)C(=O)N[C@@H](CCCN=C(N)N)C(=O)CC. The topological polar surface area (TPSA) is 314 Å². The van der Waals surface area contributed by atoms with E-state index < -0.39 is 54.0 Å². The van der Waals surface area contributed by atoms with Crippen molar-refractivity contribution in [3.63, 3.8) is 0 Å². The predicted molar refractivity (Wildman–Crippen MR) is 234 cm³/mol. The number of aliphatic imine (C=N–C) groups is 2. The molecule has 0 radical (unpaired) electrons. The van der Waals surface area contributed by atoms with Crippen molar-refractivity contribution < 1.29 is 33.9 Å². The highest BCUT2D eigenvalue weighted by Crippen LogP contribution is 2.19. The Morgan fingerprint density at radius 2 is 1.02 bits per heavy atom. The lowest BCUT2D eigenvalue weighted by atomic mass is 9.90. The molecule has 17 heteroatoms. The van der Waals surface area contributed by atoms with Gasteiger partial charge in [-0.1, -0.05) is 97.3 Å². The Kier molecular flexibility index (Phi) is 33.1. The van der Waals surface area contributed by atoms with Gasteiger partial charge in [0.2, 0.25) is 17.7 Å². The van der Waals surface area contributed by atoms with E-state index >= 15 is 0 Å². The highest BCUT2D eigenvalue weighted by atomic mass is 16.4. The Hall–Kier alpha value is -4.28. The second-order valence-electron chi connectivity index (χ2n) is 15.5. The van der Waals surface area contributed by atoms with Gasteiger partial charge in [0.1, 0.15) is 6.04 Å². The lowest BCUT2D eigenvalue weighted by molar-refractivity contribution is -0.138. The first-order valence-corrected chi connectivity index (χ1v) is 22.2. The van der Waals surface area contributed by atoms with Crippen LogP contribution >= 0.6 is 0 Å². The first kappa shape index (κ1) is 54.7. The molecule has 59 heavy (non-hydrogen) atoms. The Morgan fingerprint density at radius 1 is 0.525 bits per heavy atom. The van der Waals surface area contributed by atoms with E-state index in [1.807, 2.05) is 0 Å². The van der Waals surface area contributed by atoms with Crippen LogP contribution in [0, 0.1) is 5.92 Å². The average Bonchev–Trinajstić information content (AvgIpc) is 3.19. The fraction of sp³-hybridized carbons (Fsp3) is 0.810. The molecule has 0 saturated carbocycles. The van der Waals surface area contributed by atoms with Gasteiger partial charge < -0.3 is 49.7 Å². The smallest absolute Gasteiger partial charge is 0.303 e. The average molecular weight is 837 g/mol. The molecule has 0 bridgehead atoms. The van der Waals surface area contributed by atoms with Crippen LogP contribution in [0.3, 0.4) is 0 Å². The highest BCUT2D eigenvalue weighted by Gasteiger charge is 2.31. The van der Waals surface area contributed by atoms with E-state index in [-0.39, 0.29) is 81.6 Å². The van der Waals surface area contributed by atoms with Crippen molar-refractivity contribution in [1.82, 2.24) is 16.0 Å². The van der Waals surface area contributed by atoms with Crippen molar-refractivity contribution >= 4 is 47.2 Å². The zero-order valence-corrected chi connectivity index (χ0v) is 36.3. The summed E-state index contributed by atoms with van der Waals surface area (Å²) in [5.74, 6) is -4.46. The van der Waals surface area contributed by atoms with Gasteiger partial charge in [-0.05, 0) is 57.9 Å². The third kappa shape index (κ3) is 30.4. The molecule has 17 nitrogen and oxygen atoms in total. The number of Topliss-reactive ketones (excluding diaryl/α,β-unsaturated/α-hetero) is 2. The number of carboxylic acid groups (broad SMARTS) is 1. The number of unbranched alkanes of at least 4 members (excludes halogenated alkanes) is 13. The zero-order valence-electron chi connectivity index (χ0n) is 36.3. The molecular weight excluding hydrogens is 757 g/mol. The minimum Gasteiger partial charge on any atom is -0.481 e. The number of nitrogens with zero attached hydrogens (tertiary/aromatic N) is 2. The molecule has 0 heterocycles. The zero-order chi connectivity index (χ0) is 44.3. The number of hydrogen-bond acceptors (Lipinski definition) is 9. The first-order chi connectivity index (χ1) is 28.2. The van der Waals surface area contributed by atoms with E-state index in [0.29, 0.717) is 38.6 Å². The third-order valence-corrected chi connectivity index (χ3v) is 10.3. The Balaban J connectivity index is 5.67. The Morgan fingerprint density at radius 3 is 1.51 bits per heavy atom. The minimum atomic E-state index is -1.26. The lowest BCUT2D eigenvalue weighted by Crippen LogP contribution is -2.52. The summed E-state index contributed by atoms with van der Waals surface area (Å²) in [6, 6.07) is -3.11. The summed E-state index contributed by atoms with van der Waals surface area (Å²) in [7, 11) is 0. The summed E-state index contributed by atoms with van der Waals surface area (Å²) in [4.78, 5) is 86.6. The van der Waals surface area contributed by atoms with Gasteiger partial charge in [-0.25, -0.2) is 0 Å². The molecule has 4 atom stereocenters. The van der Waals surface area contributed by atoms with Gasteiger partial charge in [-0.3, -0.25) is 38.8 Å². The maximum atomic E-state index is 13.9. The summed E-state index contributed by atoms with van der Waals surface area (Å²) in [6.45, 7) is 4.76. The highest BCUT2D eigenvalue weighted by molar-refractivity contribution is 5.96. The summed E-state index contributed by atoms with van der Waals surface area (Å²) < 4.78 is 0. The molecule has 340 valence electrons. The van der Waals surface area contributed by atoms with Crippen LogP contribution in [0.2, 0.25) is 0 Å². The largest absolute Gasteiger partial charge is 0.481 e. The number of nitrogens with two attached hydrogens (primary N) is 5. The molecule has 0 fully saturated rings. The Labute approximate surface area is 353 Å². The van der Waals surface area contributed by atoms with E-state index in [2.05, 4.69) is 32.9 Å². The van der Waals surface area contributed by atoms with Crippen LogP contribution in [-0.4, -0.2) is 90.0 Å². The Bertz CT molecular complexity index is 1270. The van der Waals surface area contributed by atoms with Crippen molar-refractivity contribution in [2.45, 2.75) is 192 Å². The van der Waals surface area contributed by atoms with Gasteiger partial charge in [-0.15, -0.1) is 0 Å². The fourth-order valence-corrected chi connectivity index (χ4v) is 6.80. The minimum absolute atomic E-state index is 0.0832. The molecule has 0 spiro atoms. The number of carboxylic acids is 1. The first-order valence-electron chi connectivity index (χ1n) is 22.2. The molecular formula is C42H80N10O7. The molecule has 0 aromatic carbocycles. The number of amides is 3. The van der Waals surface area contributed by atoms with E-state index in [0.717, 1.165) is 19.3 Å². The molecule has 0 aliphatic rings. The van der Waals surface area contributed by atoms with Crippen molar-refractivity contribution in [3.05, 3.63) is 0 Å². The van der Waals surface area contributed by atoms with Crippen LogP contribution in [0.25, 0.3) is 0 Å². The van der Waals surface area contributed by atoms with Gasteiger partial charge in [-0.2, -0.15) is 0 Å². The maximum absolute atomic E-state index is 13.9. The van der Waals surface area contributed by atoms with Gasteiger partial charge in [0.15, 0.2) is 23.5 Å².